The van der Waals surface area contributed by atoms with E-state index in [-0.39, 0.29) is 24.1 Å². The highest BCUT2D eigenvalue weighted by molar-refractivity contribution is 9.10. The van der Waals surface area contributed by atoms with Crippen molar-refractivity contribution in [2.45, 2.75) is 19.9 Å². The number of rotatable bonds is 6. The maximum absolute atomic E-state index is 12.9. The molecular formula is C18H18BrFN2O2. The van der Waals surface area contributed by atoms with Crippen LogP contribution < -0.4 is 5.32 Å². The SMILES string of the molecule is CC(=O)N(CCC(=O)Nc1ccccc1Br)Cc1ccc(F)cc1. The summed E-state index contributed by atoms with van der Waals surface area (Å²) in [6.07, 6.45) is 0.183. The molecule has 0 fully saturated rings. The van der Waals surface area contributed by atoms with E-state index in [2.05, 4.69) is 21.2 Å². The first-order valence-corrected chi connectivity index (χ1v) is 8.29. The number of benzene rings is 2. The van der Waals surface area contributed by atoms with Crippen LogP contribution in [0.3, 0.4) is 0 Å². The van der Waals surface area contributed by atoms with E-state index >= 15 is 0 Å². The molecule has 4 nitrogen and oxygen atoms in total. The number of hydrogen-bond donors (Lipinski definition) is 1. The lowest BCUT2D eigenvalue weighted by atomic mass is 10.2. The van der Waals surface area contributed by atoms with Crippen molar-refractivity contribution in [3.05, 3.63) is 64.4 Å². The molecule has 1 N–H and O–H groups in total. The molecule has 0 radical (unpaired) electrons. The Morgan fingerprint density at radius 3 is 2.42 bits per heavy atom. The fourth-order valence-corrected chi connectivity index (χ4v) is 2.55. The average Bonchev–Trinajstić information content (AvgIpc) is 2.55. The Hall–Kier alpha value is -2.21. The molecule has 0 atom stereocenters. The minimum atomic E-state index is -0.319. The van der Waals surface area contributed by atoms with Gasteiger partial charge in [0, 0.05) is 30.9 Å². The molecule has 0 spiro atoms. The molecule has 0 aliphatic rings. The summed E-state index contributed by atoms with van der Waals surface area (Å²) in [6, 6.07) is 13.3. The summed E-state index contributed by atoms with van der Waals surface area (Å²) in [5.74, 6) is -0.624. The topological polar surface area (TPSA) is 49.4 Å². The van der Waals surface area contributed by atoms with Gasteiger partial charge >= 0.3 is 0 Å². The molecule has 6 heteroatoms. The Morgan fingerprint density at radius 2 is 1.79 bits per heavy atom. The van der Waals surface area contributed by atoms with Crippen molar-refractivity contribution in [3.8, 4) is 0 Å². The van der Waals surface area contributed by atoms with E-state index in [0.717, 1.165) is 10.0 Å². The Bertz CT molecular complexity index is 719. The summed E-state index contributed by atoms with van der Waals surface area (Å²) in [5.41, 5.74) is 1.51. The number of carbonyl (C=O) groups excluding carboxylic acids is 2. The Morgan fingerprint density at radius 1 is 1.12 bits per heavy atom. The fourth-order valence-electron chi connectivity index (χ4n) is 2.17. The van der Waals surface area contributed by atoms with Gasteiger partial charge in [-0.05, 0) is 45.8 Å². The minimum Gasteiger partial charge on any atom is -0.338 e. The highest BCUT2D eigenvalue weighted by Crippen LogP contribution is 2.21. The van der Waals surface area contributed by atoms with E-state index in [1.54, 1.807) is 23.1 Å². The van der Waals surface area contributed by atoms with Crippen LogP contribution in [0.15, 0.2) is 53.0 Å². The molecule has 0 bridgehead atoms. The third-order valence-corrected chi connectivity index (χ3v) is 4.18. The number of para-hydroxylation sites is 1. The summed E-state index contributed by atoms with van der Waals surface area (Å²) in [6.45, 7) is 2.09. The van der Waals surface area contributed by atoms with Crippen LogP contribution in [0.2, 0.25) is 0 Å². The van der Waals surface area contributed by atoms with E-state index in [0.29, 0.717) is 18.8 Å². The maximum atomic E-state index is 12.9. The molecule has 0 saturated carbocycles. The number of nitrogens with one attached hydrogen (secondary N) is 1. The zero-order valence-electron chi connectivity index (χ0n) is 13.3. The van der Waals surface area contributed by atoms with E-state index in [1.807, 2.05) is 18.2 Å². The third kappa shape index (κ3) is 5.45. The van der Waals surface area contributed by atoms with Crippen molar-refractivity contribution in [3.63, 3.8) is 0 Å². The van der Waals surface area contributed by atoms with Gasteiger partial charge in [-0.15, -0.1) is 0 Å². The van der Waals surface area contributed by atoms with Crippen molar-refractivity contribution in [1.29, 1.82) is 0 Å². The second kappa shape index (κ2) is 8.59. The number of hydrogen-bond acceptors (Lipinski definition) is 2. The lowest BCUT2D eigenvalue weighted by Gasteiger charge is -2.21. The van der Waals surface area contributed by atoms with Crippen LogP contribution in [0.5, 0.6) is 0 Å². The molecule has 0 aliphatic carbocycles. The van der Waals surface area contributed by atoms with Gasteiger partial charge < -0.3 is 10.2 Å². The quantitative estimate of drug-likeness (QED) is 0.808. The van der Waals surface area contributed by atoms with Crippen LogP contribution in [0, 0.1) is 5.82 Å². The van der Waals surface area contributed by atoms with Crippen molar-refractivity contribution in [2.24, 2.45) is 0 Å². The van der Waals surface area contributed by atoms with Gasteiger partial charge in [-0.3, -0.25) is 9.59 Å². The van der Waals surface area contributed by atoms with Gasteiger partial charge in [-0.2, -0.15) is 0 Å². The molecule has 2 rings (SSSR count). The number of halogens is 2. The second-order valence-electron chi connectivity index (χ2n) is 5.35. The summed E-state index contributed by atoms with van der Waals surface area (Å²) < 4.78 is 13.7. The Labute approximate surface area is 148 Å². The standard InChI is InChI=1S/C18H18BrFN2O2/c1-13(23)22(12-14-6-8-15(20)9-7-14)11-10-18(24)21-17-5-3-2-4-16(17)19/h2-9H,10-12H2,1H3,(H,21,24). The summed E-state index contributed by atoms with van der Waals surface area (Å²) in [4.78, 5) is 25.4. The van der Waals surface area contributed by atoms with Gasteiger partial charge in [0.1, 0.15) is 5.82 Å². The molecule has 0 unspecified atom stereocenters. The number of anilines is 1. The minimum absolute atomic E-state index is 0.131. The number of nitrogens with zero attached hydrogens (tertiary/aromatic N) is 1. The highest BCUT2D eigenvalue weighted by atomic mass is 79.9. The summed E-state index contributed by atoms with van der Waals surface area (Å²) in [5, 5.41) is 2.80. The smallest absolute Gasteiger partial charge is 0.226 e. The zero-order chi connectivity index (χ0) is 17.5. The lowest BCUT2D eigenvalue weighted by molar-refractivity contribution is -0.129. The molecule has 24 heavy (non-hydrogen) atoms. The number of amides is 2. The van der Waals surface area contributed by atoms with Gasteiger partial charge in [0.05, 0.1) is 5.69 Å². The molecule has 0 aliphatic heterocycles. The van der Waals surface area contributed by atoms with Crippen molar-refractivity contribution in [1.82, 2.24) is 4.90 Å². The van der Waals surface area contributed by atoms with Gasteiger partial charge in [-0.25, -0.2) is 4.39 Å². The third-order valence-electron chi connectivity index (χ3n) is 3.49. The van der Waals surface area contributed by atoms with Crippen LogP contribution in [-0.2, 0) is 16.1 Å². The molecule has 2 amide bonds. The van der Waals surface area contributed by atoms with E-state index in [4.69, 9.17) is 0 Å². The number of carbonyl (C=O) groups is 2. The molecule has 0 heterocycles. The molecule has 2 aromatic carbocycles. The van der Waals surface area contributed by atoms with Gasteiger partial charge in [0.2, 0.25) is 11.8 Å². The molecule has 0 aromatic heterocycles. The van der Waals surface area contributed by atoms with Crippen LogP contribution in [0.1, 0.15) is 18.9 Å². The first-order chi connectivity index (χ1) is 11.5. The molecule has 2 aromatic rings. The molecular weight excluding hydrogens is 375 g/mol. The van der Waals surface area contributed by atoms with Gasteiger partial charge in [0.15, 0.2) is 0 Å². The van der Waals surface area contributed by atoms with E-state index in [9.17, 15) is 14.0 Å². The van der Waals surface area contributed by atoms with Crippen molar-refractivity contribution >= 4 is 33.4 Å². The predicted octanol–water partition coefficient (Wildman–Crippen LogP) is 3.97. The Kier molecular flexibility index (Phi) is 6.49. The van der Waals surface area contributed by atoms with E-state index < -0.39 is 0 Å². The van der Waals surface area contributed by atoms with Gasteiger partial charge in [0.25, 0.3) is 0 Å². The normalized spacial score (nSPS) is 10.3. The van der Waals surface area contributed by atoms with Crippen LogP contribution in [0.25, 0.3) is 0 Å². The maximum Gasteiger partial charge on any atom is 0.226 e. The van der Waals surface area contributed by atoms with Crippen LogP contribution >= 0.6 is 15.9 Å². The molecule has 0 saturated heterocycles. The lowest BCUT2D eigenvalue weighted by Crippen LogP contribution is -2.31. The zero-order valence-corrected chi connectivity index (χ0v) is 14.8. The second-order valence-corrected chi connectivity index (χ2v) is 6.20. The first-order valence-electron chi connectivity index (χ1n) is 7.50. The highest BCUT2D eigenvalue weighted by Gasteiger charge is 2.12. The average molecular weight is 393 g/mol. The van der Waals surface area contributed by atoms with Crippen molar-refractivity contribution < 1.29 is 14.0 Å². The Balaban J connectivity index is 1.91. The van der Waals surface area contributed by atoms with Crippen LogP contribution in [0.4, 0.5) is 10.1 Å². The van der Waals surface area contributed by atoms with Gasteiger partial charge in [-0.1, -0.05) is 24.3 Å². The largest absolute Gasteiger partial charge is 0.338 e. The fraction of sp³-hybridized carbons (Fsp3) is 0.222. The summed E-state index contributed by atoms with van der Waals surface area (Å²) >= 11 is 3.37. The molecule has 126 valence electrons. The summed E-state index contributed by atoms with van der Waals surface area (Å²) in [7, 11) is 0. The van der Waals surface area contributed by atoms with E-state index in [1.165, 1.54) is 19.1 Å². The predicted molar refractivity (Wildman–Crippen MR) is 94.9 cm³/mol. The van der Waals surface area contributed by atoms with Crippen LogP contribution in [-0.4, -0.2) is 23.3 Å². The van der Waals surface area contributed by atoms with Crippen molar-refractivity contribution in [2.75, 3.05) is 11.9 Å². The first kappa shape index (κ1) is 18.1. The monoisotopic (exact) mass is 392 g/mol.